The third kappa shape index (κ3) is 116. The molecule has 0 aliphatic heterocycles. The van der Waals surface area contributed by atoms with Crippen LogP contribution in [0, 0.1) is 20.7 Å². The second-order valence-electron chi connectivity index (χ2n) is 1.55. The quantitative estimate of drug-likeness (QED) is 0.446. The predicted molar refractivity (Wildman–Crippen MR) is 73.1 cm³/mol. The molecule has 17 heavy (non-hydrogen) atoms. The van der Waals surface area contributed by atoms with E-state index in [0.717, 1.165) is 0 Å². The minimum absolute atomic E-state index is 0. The largest absolute Gasteiger partial charge is 0.437 e. The van der Waals surface area contributed by atoms with Crippen LogP contribution in [0.1, 0.15) is 13.8 Å². The second kappa shape index (κ2) is 51.1. The van der Waals surface area contributed by atoms with Crippen LogP contribution in [0.25, 0.3) is 0 Å². The van der Waals surface area contributed by atoms with Crippen LogP contribution >= 0.6 is 15.6 Å². The average molecular weight is 468 g/mol. The first-order valence-corrected chi connectivity index (χ1v) is 7.60. The summed E-state index contributed by atoms with van der Waals surface area (Å²) < 4.78 is 19.7. The molecule has 0 heterocycles. The topological polar surface area (TPSA) is 34.1 Å². The van der Waals surface area contributed by atoms with Gasteiger partial charge < -0.3 is 29.8 Å². The zero-order valence-electron chi connectivity index (χ0n) is 11.9. The SMILES string of the molecule is C=C[PH](C)=O.C=[C-][PH](C)=O.CC.[CH3-].[CH3-].[V].[Y].[Y]. The van der Waals surface area contributed by atoms with Gasteiger partial charge in [-0.1, -0.05) is 28.2 Å². The maximum absolute atomic E-state index is 9.88. The molecule has 0 aromatic heterocycles. The van der Waals surface area contributed by atoms with Crippen molar-refractivity contribution in [3.05, 3.63) is 39.6 Å². The molecule has 7 heteroatoms. The molecule has 2 atom stereocenters. The normalized spacial score (nSPS) is 8.47. The van der Waals surface area contributed by atoms with Crippen LogP contribution in [0.2, 0.25) is 0 Å². The van der Waals surface area contributed by atoms with Crippen LogP contribution in [0.3, 0.4) is 0 Å². The third-order valence-electron chi connectivity index (χ3n) is 0.536. The zero-order chi connectivity index (χ0) is 10.6. The van der Waals surface area contributed by atoms with E-state index in [2.05, 4.69) is 19.0 Å². The summed E-state index contributed by atoms with van der Waals surface area (Å²) in [6.07, 6.45) is 0. The predicted octanol–water partition coefficient (Wildman–Crippen LogP) is 4.36. The first kappa shape index (κ1) is 50.3. The number of rotatable bonds is 2. The van der Waals surface area contributed by atoms with Crippen molar-refractivity contribution >= 4 is 15.6 Å². The molecule has 0 aliphatic carbocycles. The molecule has 3 radical (unpaired) electrons. The van der Waals surface area contributed by atoms with E-state index in [-0.39, 0.29) is 98.8 Å². The van der Waals surface area contributed by atoms with Crippen LogP contribution < -0.4 is 0 Å². The van der Waals surface area contributed by atoms with E-state index in [9.17, 15) is 9.13 Å². The summed E-state index contributed by atoms with van der Waals surface area (Å²) >= 11 is 0. The Labute approximate surface area is 173 Å². The monoisotopic (exact) mass is 468 g/mol. The first-order chi connectivity index (χ1) is 5.54. The van der Waals surface area contributed by atoms with Gasteiger partial charge in [0.15, 0.2) is 0 Å². The maximum atomic E-state index is 9.88. The minimum atomic E-state index is -1.49. The Kier molecular flexibility index (Phi) is 151. The van der Waals surface area contributed by atoms with Crippen LogP contribution in [0.15, 0.2) is 19.0 Å². The Hall–Kier alpha value is 2.73. The third-order valence-corrected chi connectivity index (χ3v) is 1.61. The van der Waals surface area contributed by atoms with Crippen molar-refractivity contribution in [3.8, 4) is 0 Å². The molecular formula is C10H25O2P2VY2-3. The Morgan fingerprint density at radius 3 is 1.18 bits per heavy atom. The average Bonchev–Trinajstić information content (AvgIpc) is 2.09. The van der Waals surface area contributed by atoms with Crippen molar-refractivity contribution in [1.82, 2.24) is 0 Å². The van der Waals surface area contributed by atoms with Crippen molar-refractivity contribution in [2.24, 2.45) is 0 Å². The molecule has 0 bridgehead atoms. The Bertz CT molecular complexity index is 150. The second-order valence-corrected chi connectivity index (χ2v) is 4.64. The summed E-state index contributed by atoms with van der Waals surface area (Å²) in [7, 11) is -2.85. The zero-order valence-corrected chi connectivity index (χ0v) is 21.0. The standard InChI is InChI=1S/C3H7OP.C3H6OP.C2H6.2CH3.V.2Y/c2*1-3-5(2)4;1-2;;;;;/h3,5H,1H2,2H3;5H,1H2,2H3;1-2H3;2*1H3;;;/q;-1;;2*-1;;;. The summed E-state index contributed by atoms with van der Waals surface area (Å²) in [5.41, 5.74) is 0. The Balaban J connectivity index is -0.0000000110. The van der Waals surface area contributed by atoms with Crippen LogP contribution in [0.4, 0.5) is 0 Å². The van der Waals surface area contributed by atoms with Gasteiger partial charge in [-0.25, -0.2) is 0 Å². The maximum Gasteiger partial charge on any atom is 0.0933 e. The molecule has 0 rings (SSSR count). The van der Waals surface area contributed by atoms with E-state index in [4.69, 9.17) is 0 Å². The van der Waals surface area contributed by atoms with E-state index in [1.165, 1.54) is 5.82 Å². The molecule has 0 N–H and O–H groups in total. The summed E-state index contributed by atoms with van der Waals surface area (Å²) in [6.45, 7) is 13.7. The van der Waals surface area contributed by atoms with Gasteiger partial charge in [0.05, 0.1) is 7.80 Å². The fourth-order valence-electron chi connectivity index (χ4n) is 0. The van der Waals surface area contributed by atoms with Gasteiger partial charge in [-0.3, -0.25) is 6.58 Å². The molecule has 0 fully saturated rings. The van der Waals surface area contributed by atoms with E-state index in [0.29, 0.717) is 0 Å². The van der Waals surface area contributed by atoms with Gasteiger partial charge in [-0.15, -0.1) is 0 Å². The van der Waals surface area contributed by atoms with E-state index in [1.54, 1.807) is 13.3 Å². The molecule has 0 aliphatic rings. The summed E-state index contributed by atoms with van der Waals surface area (Å²) in [6, 6.07) is 0. The molecular weight excluding hydrogens is 443 g/mol. The smallest absolute Gasteiger partial charge is 0.0933 e. The molecule has 0 aromatic carbocycles. The van der Waals surface area contributed by atoms with Gasteiger partial charge in [0.2, 0.25) is 0 Å². The van der Waals surface area contributed by atoms with Crippen molar-refractivity contribution in [2.75, 3.05) is 13.3 Å². The van der Waals surface area contributed by atoms with E-state index >= 15 is 0 Å². The van der Waals surface area contributed by atoms with Crippen LogP contribution in [0.5, 0.6) is 0 Å². The molecule has 0 aromatic rings. The van der Waals surface area contributed by atoms with Crippen molar-refractivity contribution < 1.29 is 93.1 Å². The molecule has 101 valence electrons. The van der Waals surface area contributed by atoms with Crippen molar-refractivity contribution in [2.45, 2.75) is 13.8 Å². The summed E-state index contributed by atoms with van der Waals surface area (Å²) in [4.78, 5) is 0. The molecule has 0 saturated carbocycles. The molecule has 2 unspecified atom stereocenters. The van der Waals surface area contributed by atoms with Gasteiger partial charge in [-0.2, -0.15) is 0 Å². The summed E-state index contributed by atoms with van der Waals surface area (Å²) in [5, 5.41) is 0. The molecule has 0 saturated heterocycles. The van der Waals surface area contributed by atoms with Gasteiger partial charge in [-0.05, 0) is 19.1 Å². The van der Waals surface area contributed by atoms with Gasteiger partial charge in [0.25, 0.3) is 0 Å². The fourth-order valence-corrected chi connectivity index (χ4v) is 0. The van der Waals surface area contributed by atoms with Crippen LogP contribution in [-0.2, 0) is 93.1 Å². The van der Waals surface area contributed by atoms with E-state index in [1.807, 2.05) is 13.8 Å². The fraction of sp³-hybridized carbons (Fsp3) is 0.400. The van der Waals surface area contributed by atoms with Gasteiger partial charge in [0, 0.05) is 84.0 Å². The Morgan fingerprint density at radius 1 is 1.06 bits per heavy atom. The van der Waals surface area contributed by atoms with Crippen molar-refractivity contribution in [3.63, 3.8) is 0 Å². The minimum Gasteiger partial charge on any atom is -0.437 e. The summed E-state index contributed by atoms with van der Waals surface area (Å²) in [5.74, 6) is 3.79. The van der Waals surface area contributed by atoms with Gasteiger partial charge >= 0.3 is 0 Å². The van der Waals surface area contributed by atoms with Crippen molar-refractivity contribution in [1.29, 1.82) is 0 Å². The number of hydrogen-bond donors (Lipinski definition) is 0. The molecule has 2 nitrogen and oxygen atoms in total. The molecule has 0 spiro atoms. The van der Waals surface area contributed by atoms with Gasteiger partial charge in [0.1, 0.15) is 0 Å². The Morgan fingerprint density at radius 2 is 1.18 bits per heavy atom. The number of hydrogen-bond acceptors (Lipinski definition) is 2. The first-order valence-electron chi connectivity index (χ1n) is 3.71. The van der Waals surface area contributed by atoms with Crippen LogP contribution in [-0.4, -0.2) is 13.3 Å². The molecule has 0 amide bonds. The van der Waals surface area contributed by atoms with E-state index < -0.39 is 15.6 Å².